The monoisotopic (exact) mass is 371 g/mol. The Morgan fingerprint density at radius 2 is 2.27 bits per heavy atom. The van der Waals surface area contributed by atoms with E-state index >= 15 is 0 Å². The first-order chi connectivity index (χ1) is 12.6. The fourth-order valence-electron chi connectivity index (χ4n) is 3.12. The van der Waals surface area contributed by atoms with Crippen molar-refractivity contribution in [3.8, 4) is 5.75 Å². The fraction of sp³-hybridized carbons (Fsp3) is 0.400. The van der Waals surface area contributed by atoms with Crippen LogP contribution in [0.4, 0.5) is 5.13 Å². The summed E-state index contributed by atoms with van der Waals surface area (Å²) < 4.78 is 5.43. The van der Waals surface area contributed by atoms with Crippen LogP contribution >= 0.6 is 11.3 Å². The molecule has 6 heteroatoms. The quantitative estimate of drug-likeness (QED) is 0.742. The van der Waals surface area contributed by atoms with Crippen molar-refractivity contribution < 1.29 is 9.53 Å². The van der Waals surface area contributed by atoms with Gasteiger partial charge in [0.25, 0.3) is 5.91 Å². The molecular weight excluding hydrogens is 346 g/mol. The van der Waals surface area contributed by atoms with Gasteiger partial charge in [-0.1, -0.05) is 19.6 Å². The van der Waals surface area contributed by atoms with Gasteiger partial charge in [0.15, 0.2) is 5.13 Å². The van der Waals surface area contributed by atoms with Crippen LogP contribution in [0.5, 0.6) is 5.75 Å². The molecule has 1 aromatic carbocycles. The molecule has 1 aliphatic heterocycles. The molecular formula is C20H25N3O2S. The van der Waals surface area contributed by atoms with Crippen molar-refractivity contribution in [2.75, 3.05) is 25.0 Å². The summed E-state index contributed by atoms with van der Waals surface area (Å²) in [5, 5.41) is 5.55. The Morgan fingerprint density at radius 3 is 3.00 bits per heavy atom. The van der Waals surface area contributed by atoms with Gasteiger partial charge in [0.05, 0.1) is 5.69 Å². The maximum Gasteiger partial charge on any atom is 0.257 e. The number of carbonyl (C=O) groups is 1. The number of ether oxygens (including phenoxy) is 1. The van der Waals surface area contributed by atoms with Crippen LogP contribution in [0.3, 0.4) is 0 Å². The number of hydrogen-bond donors (Lipinski definition) is 1. The number of likely N-dealkylation sites (tertiary alicyclic amines) is 1. The van der Waals surface area contributed by atoms with Gasteiger partial charge < -0.3 is 4.74 Å². The van der Waals surface area contributed by atoms with E-state index in [0.29, 0.717) is 23.1 Å². The third kappa shape index (κ3) is 5.16. The average molecular weight is 372 g/mol. The Labute approximate surface area is 158 Å². The molecule has 0 spiro atoms. The molecule has 1 amide bonds. The van der Waals surface area contributed by atoms with Gasteiger partial charge in [-0.05, 0) is 49.6 Å². The number of hydrogen-bond acceptors (Lipinski definition) is 5. The Morgan fingerprint density at radius 1 is 1.46 bits per heavy atom. The minimum Gasteiger partial charge on any atom is -0.490 e. The summed E-state index contributed by atoms with van der Waals surface area (Å²) in [5.74, 6) is 1.31. The molecule has 1 aromatic heterocycles. The van der Waals surface area contributed by atoms with Crippen LogP contribution in [0, 0.1) is 5.92 Å². The molecule has 1 aliphatic rings. The highest BCUT2D eigenvalue weighted by Gasteiger charge is 2.17. The van der Waals surface area contributed by atoms with E-state index in [1.807, 2.05) is 5.38 Å². The van der Waals surface area contributed by atoms with Crippen LogP contribution in [0.1, 0.15) is 35.8 Å². The second-order valence-electron chi connectivity index (χ2n) is 6.70. The maximum absolute atomic E-state index is 12.4. The topological polar surface area (TPSA) is 54.5 Å². The number of nitrogens with zero attached hydrogens (tertiary/aromatic N) is 2. The van der Waals surface area contributed by atoms with Crippen molar-refractivity contribution >= 4 is 22.4 Å². The van der Waals surface area contributed by atoms with Gasteiger partial charge in [0.2, 0.25) is 0 Å². The van der Waals surface area contributed by atoms with Gasteiger partial charge in [-0.25, -0.2) is 4.98 Å². The minimum absolute atomic E-state index is 0.159. The van der Waals surface area contributed by atoms with Crippen LogP contribution in [0.25, 0.3) is 0 Å². The number of nitrogens with one attached hydrogen (secondary N) is 1. The van der Waals surface area contributed by atoms with Crippen molar-refractivity contribution in [3.05, 3.63) is 53.6 Å². The van der Waals surface area contributed by atoms with Crippen LogP contribution in [-0.4, -0.2) is 35.5 Å². The van der Waals surface area contributed by atoms with Gasteiger partial charge in [-0.3, -0.25) is 15.0 Å². The highest BCUT2D eigenvalue weighted by Crippen LogP contribution is 2.21. The SMILES string of the molecule is C=CCOc1ccc(C(=O)Nc2nc(CN3CCCC(C)C3)cs2)cc1. The lowest BCUT2D eigenvalue weighted by Crippen LogP contribution is -2.33. The Hall–Kier alpha value is -2.18. The summed E-state index contributed by atoms with van der Waals surface area (Å²) >= 11 is 1.47. The number of rotatable bonds is 7. The number of piperidine rings is 1. The van der Waals surface area contributed by atoms with Crippen molar-refractivity contribution in [2.45, 2.75) is 26.3 Å². The van der Waals surface area contributed by atoms with E-state index in [4.69, 9.17) is 4.74 Å². The normalized spacial score (nSPS) is 17.7. The lowest BCUT2D eigenvalue weighted by Gasteiger charge is -2.30. The first-order valence-corrected chi connectivity index (χ1v) is 9.84. The summed E-state index contributed by atoms with van der Waals surface area (Å²) in [6.45, 7) is 9.47. The molecule has 26 heavy (non-hydrogen) atoms. The molecule has 0 radical (unpaired) electrons. The van der Waals surface area contributed by atoms with Crippen molar-refractivity contribution in [1.29, 1.82) is 0 Å². The van der Waals surface area contributed by atoms with Gasteiger partial charge in [0.1, 0.15) is 12.4 Å². The van der Waals surface area contributed by atoms with Crippen LogP contribution in [-0.2, 0) is 6.54 Å². The molecule has 138 valence electrons. The third-order valence-electron chi connectivity index (χ3n) is 4.38. The summed E-state index contributed by atoms with van der Waals surface area (Å²) in [6.07, 6.45) is 4.25. The molecule has 2 aromatic rings. The zero-order valence-corrected chi connectivity index (χ0v) is 15.9. The molecule has 1 N–H and O–H groups in total. The third-order valence-corrected chi connectivity index (χ3v) is 5.19. The van der Waals surface area contributed by atoms with E-state index in [1.165, 1.54) is 24.2 Å². The van der Waals surface area contributed by atoms with E-state index in [2.05, 4.69) is 28.7 Å². The molecule has 5 nitrogen and oxygen atoms in total. The number of anilines is 1. The van der Waals surface area contributed by atoms with Crippen molar-refractivity contribution in [3.63, 3.8) is 0 Å². The number of amides is 1. The van der Waals surface area contributed by atoms with E-state index in [0.717, 1.165) is 31.2 Å². The van der Waals surface area contributed by atoms with E-state index in [-0.39, 0.29) is 5.91 Å². The molecule has 1 saturated heterocycles. The largest absolute Gasteiger partial charge is 0.490 e. The maximum atomic E-state index is 12.4. The lowest BCUT2D eigenvalue weighted by molar-refractivity contribution is 0.102. The number of aromatic nitrogens is 1. The molecule has 0 aliphatic carbocycles. The van der Waals surface area contributed by atoms with Gasteiger partial charge in [-0.15, -0.1) is 11.3 Å². The predicted octanol–water partition coefficient (Wildman–Crippen LogP) is 4.19. The second-order valence-corrected chi connectivity index (χ2v) is 7.56. The fourth-order valence-corrected chi connectivity index (χ4v) is 3.82. The van der Waals surface area contributed by atoms with Crippen LogP contribution in [0.2, 0.25) is 0 Å². The highest BCUT2D eigenvalue weighted by atomic mass is 32.1. The Balaban J connectivity index is 1.54. The smallest absolute Gasteiger partial charge is 0.257 e. The molecule has 0 bridgehead atoms. The second kappa shape index (κ2) is 8.96. The highest BCUT2D eigenvalue weighted by molar-refractivity contribution is 7.13. The molecule has 3 rings (SSSR count). The summed E-state index contributed by atoms with van der Waals surface area (Å²) in [6, 6.07) is 7.06. The summed E-state index contributed by atoms with van der Waals surface area (Å²) in [4.78, 5) is 19.4. The van der Waals surface area contributed by atoms with E-state index < -0.39 is 0 Å². The zero-order valence-electron chi connectivity index (χ0n) is 15.1. The van der Waals surface area contributed by atoms with E-state index in [1.54, 1.807) is 30.3 Å². The first-order valence-electron chi connectivity index (χ1n) is 8.96. The Bertz CT molecular complexity index is 742. The molecule has 0 saturated carbocycles. The van der Waals surface area contributed by atoms with Gasteiger partial charge in [0, 0.05) is 24.0 Å². The van der Waals surface area contributed by atoms with Gasteiger partial charge >= 0.3 is 0 Å². The molecule has 1 unspecified atom stereocenters. The summed E-state index contributed by atoms with van der Waals surface area (Å²) in [7, 11) is 0. The van der Waals surface area contributed by atoms with Gasteiger partial charge in [-0.2, -0.15) is 0 Å². The predicted molar refractivity (Wildman–Crippen MR) is 106 cm³/mol. The zero-order chi connectivity index (χ0) is 18.4. The Kier molecular flexibility index (Phi) is 6.41. The standard InChI is InChI=1S/C20H25N3O2S/c1-3-11-25-18-8-6-16(7-9-18)19(24)22-20-21-17(14-26-20)13-23-10-4-5-15(2)12-23/h3,6-9,14-15H,1,4-5,10-13H2,2H3,(H,21,22,24). The molecule has 2 heterocycles. The number of thiazole rings is 1. The van der Waals surface area contributed by atoms with Crippen LogP contribution in [0.15, 0.2) is 42.3 Å². The van der Waals surface area contributed by atoms with E-state index in [9.17, 15) is 4.79 Å². The summed E-state index contributed by atoms with van der Waals surface area (Å²) in [5.41, 5.74) is 1.60. The number of benzene rings is 1. The number of carbonyl (C=O) groups excluding carboxylic acids is 1. The first kappa shape index (κ1) is 18.6. The van der Waals surface area contributed by atoms with Crippen molar-refractivity contribution in [2.24, 2.45) is 5.92 Å². The molecule has 1 fully saturated rings. The average Bonchev–Trinajstić information content (AvgIpc) is 3.07. The lowest BCUT2D eigenvalue weighted by atomic mass is 10.0. The van der Waals surface area contributed by atoms with Crippen LogP contribution < -0.4 is 10.1 Å². The van der Waals surface area contributed by atoms with Crippen molar-refractivity contribution in [1.82, 2.24) is 9.88 Å². The minimum atomic E-state index is -0.159. The molecule has 1 atom stereocenters.